The summed E-state index contributed by atoms with van der Waals surface area (Å²) < 4.78 is 0. The predicted octanol–water partition coefficient (Wildman–Crippen LogP) is 3.83. The van der Waals surface area contributed by atoms with Crippen LogP contribution in [0, 0.1) is 11.3 Å². The summed E-state index contributed by atoms with van der Waals surface area (Å²) >= 11 is 11.6. The first-order chi connectivity index (χ1) is 5.54. The third-order valence-corrected chi connectivity index (χ3v) is 3.92. The largest absolute Gasteiger partial charge is 0.126 e. The fourth-order valence-corrected chi connectivity index (χ4v) is 2.59. The normalized spacial score (nSPS) is 31.2. The van der Waals surface area contributed by atoms with E-state index in [1.165, 1.54) is 11.1 Å². The molecule has 0 aromatic carbocycles. The lowest BCUT2D eigenvalue weighted by atomic mass is 9.58. The molecule has 1 saturated carbocycles. The number of hydrogen-bond donors (Lipinski definition) is 0. The van der Waals surface area contributed by atoms with Crippen LogP contribution in [-0.4, -0.2) is 11.8 Å². The molecule has 12 heavy (non-hydrogen) atoms. The summed E-state index contributed by atoms with van der Waals surface area (Å²) in [5.74, 6) is 2.08. The predicted molar refractivity (Wildman–Crippen MR) is 56.0 cm³/mol. The average Bonchev–Trinajstić information content (AvgIpc) is 2.03. The summed E-state index contributed by atoms with van der Waals surface area (Å²) in [5.41, 5.74) is 3.15. The van der Waals surface area contributed by atoms with Crippen LogP contribution in [0.5, 0.6) is 0 Å². The van der Waals surface area contributed by atoms with Crippen LogP contribution < -0.4 is 0 Å². The van der Waals surface area contributed by atoms with Crippen LogP contribution in [0.25, 0.3) is 0 Å². The Morgan fingerprint density at radius 2 is 2.08 bits per heavy atom. The summed E-state index contributed by atoms with van der Waals surface area (Å²) in [6.45, 7) is 6.64. The summed E-state index contributed by atoms with van der Waals surface area (Å²) in [5, 5.41) is 0. The molecule has 0 saturated heterocycles. The van der Waals surface area contributed by atoms with Gasteiger partial charge in [-0.3, -0.25) is 0 Å². The van der Waals surface area contributed by atoms with Crippen LogP contribution >= 0.6 is 23.2 Å². The average molecular weight is 207 g/mol. The Labute approximate surface area is 84.9 Å². The highest BCUT2D eigenvalue weighted by Crippen LogP contribution is 2.52. The molecule has 0 bridgehead atoms. The van der Waals surface area contributed by atoms with E-state index in [9.17, 15) is 0 Å². The van der Waals surface area contributed by atoms with Crippen molar-refractivity contribution in [2.24, 2.45) is 11.3 Å². The maximum atomic E-state index is 5.85. The molecule has 1 atom stereocenters. The molecule has 0 aromatic heterocycles. The third kappa shape index (κ3) is 1.52. The van der Waals surface area contributed by atoms with Gasteiger partial charge in [0.2, 0.25) is 0 Å². The molecule has 2 heteroatoms. The Bertz CT molecular complexity index is 204. The van der Waals surface area contributed by atoms with Gasteiger partial charge in [0.05, 0.1) is 0 Å². The van der Waals surface area contributed by atoms with Crippen molar-refractivity contribution in [2.45, 2.75) is 27.2 Å². The monoisotopic (exact) mass is 206 g/mol. The van der Waals surface area contributed by atoms with E-state index >= 15 is 0 Å². The number of halogens is 2. The maximum absolute atomic E-state index is 5.85. The molecule has 0 nitrogen and oxygen atoms in total. The van der Waals surface area contributed by atoms with Gasteiger partial charge in [-0.05, 0) is 24.7 Å². The summed E-state index contributed by atoms with van der Waals surface area (Å²) in [6, 6.07) is 0. The Hall–Kier alpha value is 0.320. The number of hydrogen-bond acceptors (Lipinski definition) is 0. The van der Waals surface area contributed by atoms with Gasteiger partial charge in [0.15, 0.2) is 0 Å². The molecule has 0 amide bonds. The van der Waals surface area contributed by atoms with E-state index in [1.807, 2.05) is 0 Å². The molecule has 0 aliphatic heterocycles. The molecule has 1 aliphatic carbocycles. The quantitative estimate of drug-likeness (QED) is 0.477. The van der Waals surface area contributed by atoms with Crippen molar-refractivity contribution in [3.8, 4) is 0 Å². The molecular weight excluding hydrogens is 191 g/mol. The van der Waals surface area contributed by atoms with Gasteiger partial charge in [0, 0.05) is 11.8 Å². The molecule has 1 rings (SSSR count). The zero-order chi connectivity index (χ0) is 9.35. The lowest BCUT2D eigenvalue weighted by molar-refractivity contribution is 0.187. The van der Waals surface area contributed by atoms with E-state index in [0.29, 0.717) is 17.2 Å². The molecule has 0 N–H and O–H groups in total. The molecule has 70 valence electrons. The third-order valence-electron chi connectivity index (χ3n) is 3.15. The van der Waals surface area contributed by atoms with Crippen LogP contribution in [0.15, 0.2) is 11.1 Å². The first-order valence-electron chi connectivity index (χ1n) is 4.35. The van der Waals surface area contributed by atoms with E-state index < -0.39 is 0 Å². The Kier molecular flexibility index (Phi) is 3.11. The molecule has 0 radical (unpaired) electrons. The number of allylic oxidation sites excluding steroid dienone is 2. The lowest BCUT2D eigenvalue weighted by Gasteiger charge is -2.48. The Balaban J connectivity index is 2.77. The minimum atomic E-state index is 0.292. The highest BCUT2D eigenvalue weighted by atomic mass is 35.5. The van der Waals surface area contributed by atoms with Crippen molar-refractivity contribution in [3.63, 3.8) is 0 Å². The molecule has 0 aromatic rings. The standard InChI is InChI=1S/C10H16Cl2/c1-7(5-11)9-4-8(6-12)10(9,2)3/h8H,4-6H2,1-3H3. The second-order valence-electron chi connectivity index (χ2n) is 4.17. The second-order valence-corrected chi connectivity index (χ2v) is 4.75. The number of alkyl halides is 2. The summed E-state index contributed by atoms with van der Waals surface area (Å²) in [6.07, 6.45) is 1.15. The van der Waals surface area contributed by atoms with E-state index in [0.717, 1.165) is 12.3 Å². The summed E-state index contributed by atoms with van der Waals surface area (Å²) in [7, 11) is 0. The van der Waals surface area contributed by atoms with Gasteiger partial charge in [-0.1, -0.05) is 25.0 Å². The molecule has 1 fully saturated rings. The van der Waals surface area contributed by atoms with Crippen molar-refractivity contribution in [2.75, 3.05) is 11.8 Å². The minimum absolute atomic E-state index is 0.292. The molecule has 1 aliphatic rings. The van der Waals surface area contributed by atoms with Crippen LogP contribution in [0.1, 0.15) is 27.2 Å². The molecule has 1 unspecified atom stereocenters. The zero-order valence-electron chi connectivity index (χ0n) is 7.95. The molecular formula is C10H16Cl2. The molecule has 0 heterocycles. The van der Waals surface area contributed by atoms with Crippen molar-refractivity contribution < 1.29 is 0 Å². The highest BCUT2D eigenvalue weighted by molar-refractivity contribution is 6.19. The first kappa shape index (κ1) is 10.4. The van der Waals surface area contributed by atoms with Crippen molar-refractivity contribution in [1.82, 2.24) is 0 Å². The van der Waals surface area contributed by atoms with E-state index in [1.54, 1.807) is 0 Å². The number of rotatable bonds is 2. The van der Waals surface area contributed by atoms with Gasteiger partial charge in [-0.25, -0.2) is 0 Å². The minimum Gasteiger partial charge on any atom is -0.126 e. The van der Waals surface area contributed by atoms with Gasteiger partial charge in [0.1, 0.15) is 0 Å². The fraction of sp³-hybridized carbons (Fsp3) is 0.800. The van der Waals surface area contributed by atoms with Gasteiger partial charge in [0.25, 0.3) is 0 Å². The van der Waals surface area contributed by atoms with Gasteiger partial charge in [-0.15, -0.1) is 23.2 Å². The van der Waals surface area contributed by atoms with Gasteiger partial charge in [-0.2, -0.15) is 0 Å². The maximum Gasteiger partial charge on any atom is 0.0433 e. The van der Waals surface area contributed by atoms with Crippen LogP contribution in [-0.2, 0) is 0 Å². The van der Waals surface area contributed by atoms with E-state index in [2.05, 4.69) is 20.8 Å². The van der Waals surface area contributed by atoms with Crippen molar-refractivity contribution in [1.29, 1.82) is 0 Å². The highest BCUT2D eigenvalue weighted by Gasteiger charge is 2.43. The zero-order valence-corrected chi connectivity index (χ0v) is 9.47. The van der Waals surface area contributed by atoms with Crippen LogP contribution in [0.4, 0.5) is 0 Å². The topological polar surface area (TPSA) is 0 Å². The smallest absolute Gasteiger partial charge is 0.0433 e. The van der Waals surface area contributed by atoms with Crippen LogP contribution in [0.3, 0.4) is 0 Å². The Morgan fingerprint density at radius 1 is 1.50 bits per heavy atom. The molecule has 0 spiro atoms. The fourth-order valence-electron chi connectivity index (χ4n) is 1.93. The van der Waals surface area contributed by atoms with Gasteiger partial charge >= 0.3 is 0 Å². The van der Waals surface area contributed by atoms with E-state index in [4.69, 9.17) is 23.2 Å². The van der Waals surface area contributed by atoms with Gasteiger partial charge < -0.3 is 0 Å². The lowest BCUT2D eigenvalue weighted by Crippen LogP contribution is -2.39. The summed E-state index contributed by atoms with van der Waals surface area (Å²) in [4.78, 5) is 0. The Morgan fingerprint density at radius 3 is 2.42 bits per heavy atom. The van der Waals surface area contributed by atoms with E-state index in [-0.39, 0.29) is 0 Å². The van der Waals surface area contributed by atoms with Crippen LogP contribution in [0.2, 0.25) is 0 Å². The SMILES string of the molecule is CC(CCl)=C1CC(CCl)C1(C)C. The van der Waals surface area contributed by atoms with Crippen molar-refractivity contribution >= 4 is 23.2 Å². The van der Waals surface area contributed by atoms with Crippen molar-refractivity contribution in [3.05, 3.63) is 11.1 Å². The first-order valence-corrected chi connectivity index (χ1v) is 5.42. The second kappa shape index (κ2) is 3.59.